The number of amides is 1. The van der Waals surface area contributed by atoms with Gasteiger partial charge in [-0.3, -0.25) is 0 Å². The summed E-state index contributed by atoms with van der Waals surface area (Å²) in [5.74, 6) is 0.0550. The molecule has 0 aliphatic carbocycles. The molecule has 1 aromatic carbocycles. The van der Waals surface area contributed by atoms with E-state index in [9.17, 15) is 4.79 Å². The maximum absolute atomic E-state index is 11.8. The van der Waals surface area contributed by atoms with E-state index in [1.54, 1.807) is 6.20 Å². The third kappa shape index (κ3) is 1.43. The van der Waals surface area contributed by atoms with Gasteiger partial charge in [-0.1, -0.05) is 0 Å². The second-order valence-corrected chi connectivity index (χ2v) is 7.48. The molecule has 2 heterocycles. The molecule has 2 aromatic rings. The predicted molar refractivity (Wildman–Crippen MR) is 64.6 cm³/mol. The van der Waals surface area contributed by atoms with Gasteiger partial charge < -0.3 is 0 Å². The molecule has 1 unspecified atom stereocenters. The van der Waals surface area contributed by atoms with E-state index in [-0.39, 0.29) is 5.91 Å². The fourth-order valence-corrected chi connectivity index (χ4v) is 5.80. The molecule has 1 amide bonds. The van der Waals surface area contributed by atoms with Gasteiger partial charge in [-0.05, 0) is 0 Å². The second-order valence-electron chi connectivity index (χ2n) is 3.50. The first-order valence-electron chi connectivity index (χ1n) is 4.96. The summed E-state index contributed by atoms with van der Waals surface area (Å²) in [6, 6.07) is 11.8. The molecule has 1 aliphatic rings. The number of hydrogen-bond donors (Lipinski definition) is 1. The first-order chi connectivity index (χ1) is 7.86. The van der Waals surface area contributed by atoms with E-state index in [2.05, 4.69) is 9.32 Å². The zero-order valence-electron chi connectivity index (χ0n) is 8.42. The molecule has 1 N–H and O–H groups in total. The molecule has 0 bridgehead atoms. The molecule has 0 radical (unpaired) electrons. The van der Waals surface area contributed by atoms with Crippen LogP contribution < -0.4 is 13.3 Å². The van der Waals surface area contributed by atoms with Crippen molar-refractivity contribution in [3.05, 3.63) is 54.4 Å². The van der Waals surface area contributed by atoms with Crippen LogP contribution in [-0.4, -0.2) is 25.0 Å². The monoisotopic (exact) mass is 278 g/mol. The minimum atomic E-state index is -1.63. The van der Waals surface area contributed by atoms with Crippen molar-refractivity contribution >= 4 is 28.9 Å². The third-order valence-corrected chi connectivity index (χ3v) is 6.87. The van der Waals surface area contributed by atoms with Crippen LogP contribution in [0.5, 0.6) is 0 Å². The number of nitrogens with zero attached hydrogens (tertiary/aromatic N) is 1. The summed E-state index contributed by atoms with van der Waals surface area (Å²) in [6.07, 6.45) is 3.60. The van der Waals surface area contributed by atoms with Gasteiger partial charge in [0.1, 0.15) is 0 Å². The quantitative estimate of drug-likeness (QED) is 0.725. The van der Waals surface area contributed by atoms with Crippen LogP contribution in [0.15, 0.2) is 48.8 Å². The van der Waals surface area contributed by atoms with Gasteiger partial charge in [0.25, 0.3) is 0 Å². The van der Waals surface area contributed by atoms with Crippen molar-refractivity contribution in [3.63, 3.8) is 0 Å². The molecule has 4 heteroatoms. The van der Waals surface area contributed by atoms with Gasteiger partial charge in [-0.2, -0.15) is 0 Å². The van der Waals surface area contributed by atoms with Crippen LogP contribution in [0.3, 0.4) is 0 Å². The van der Waals surface area contributed by atoms with E-state index >= 15 is 0 Å². The number of nitrogens with one attached hydrogen (secondary N) is 1. The summed E-state index contributed by atoms with van der Waals surface area (Å²) >= 11 is -1.63. The molecule has 80 valence electrons. The number of benzene rings is 1. The standard InChI is InChI=1S/C12H10N2OSe/c15-12-10-5-1-2-6-11(10)16(14-12)9-4-3-7-13-8-9/h1-8,16H,(H,14,15). The number of fused-ring (bicyclic) bond motifs is 1. The first-order valence-corrected chi connectivity index (χ1v) is 7.78. The topological polar surface area (TPSA) is 42.0 Å². The van der Waals surface area contributed by atoms with Crippen LogP contribution in [-0.2, 0) is 0 Å². The van der Waals surface area contributed by atoms with E-state index in [1.165, 1.54) is 4.46 Å². The average molecular weight is 277 g/mol. The number of hydrogen-bond acceptors (Lipinski definition) is 2. The SMILES string of the molecule is O=C1N[SeH](c2cccnc2)c2ccccc21. The number of aromatic nitrogens is 1. The van der Waals surface area contributed by atoms with Gasteiger partial charge in [-0.25, -0.2) is 0 Å². The summed E-state index contributed by atoms with van der Waals surface area (Å²) in [4.78, 5) is 15.9. The van der Waals surface area contributed by atoms with Crippen LogP contribution in [0.1, 0.15) is 10.4 Å². The van der Waals surface area contributed by atoms with Gasteiger partial charge in [0.15, 0.2) is 0 Å². The van der Waals surface area contributed by atoms with Crippen molar-refractivity contribution in [1.29, 1.82) is 0 Å². The fourth-order valence-electron chi connectivity index (χ4n) is 1.77. The molecular formula is C12H10N2OSe. The van der Waals surface area contributed by atoms with E-state index in [4.69, 9.17) is 0 Å². The Balaban J connectivity index is 2.11. The average Bonchev–Trinajstić information content (AvgIpc) is 2.69. The molecule has 0 spiro atoms. The Bertz CT molecular complexity index is 542. The van der Waals surface area contributed by atoms with Gasteiger partial charge in [0.05, 0.1) is 0 Å². The summed E-state index contributed by atoms with van der Waals surface area (Å²) in [5, 5.41) is 0. The Hall–Kier alpha value is -1.64. The van der Waals surface area contributed by atoms with Crippen LogP contribution >= 0.6 is 0 Å². The zero-order valence-corrected chi connectivity index (χ0v) is 10.3. The molecule has 1 aliphatic heterocycles. The minimum absolute atomic E-state index is 0.0550. The Morgan fingerprint density at radius 2 is 2.00 bits per heavy atom. The maximum atomic E-state index is 11.8. The van der Waals surface area contributed by atoms with Crippen molar-refractivity contribution < 1.29 is 4.79 Å². The van der Waals surface area contributed by atoms with E-state index < -0.39 is 14.1 Å². The van der Waals surface area contributed by atoms with E-state index in [0.29, 0.717) is 0 Å². The van der Waals surface area contributed by atoms with Crippen molar-refractivity contribution in [2.24, 2.45) is 0 Å². The van der Waals surface area contributed by atoms with Crippen LogP contribution in [0.4, 0.5) is 0 Å². The third-order valence-electron chi connectivity index (χ3n) is 2.51. The van der Waals surface area contributed by atoms with Gasteiger partial charge in [-0.15, -0.1) is 0 Å². The predicted octanol–water partition coefficient (Wildman–Crippen LogP) is -0.337. The Morgan fingerprint density at radius 1 is 1.12 bits per heavy atom. The molecule has 3 nitrogen and oxygen atoms in total. The molecule has 1 atom stereocenters. The number of carbonyl (C=O) groups excluding carboxylic acids is 1. The Kier molecular flexibility index (Phi) is 2.24. The molecular weight excluding hydrogens is 267 g/mol. The number of pyridine rings is 1. The van der Waals surface area contributed by atoms with E-state index in [0.717, 1.165) is 10.0 Å². The van der Waals surface area contributed by atoms with Crippen molar-refractivity contribution in [2.75, 3.05) is 0 Å². The molecule has 3 rings (SSSR count). The molecule has 0 saturated carbocycles. The Morgan fingerprint density at radius 3 is 2.81 bits per heavy atom. The summed E-state index contributed by atoms with van der Waals surface area (Å²) in [7, 11) is 0. The van der Waals surface area contributed by atoms with Crippen molar-refractivity contribution in [1.82, 2.24) is 9.32 Å². The summed E-state index contributed by atoms with van der Waals surface area (Å²) < 4.78 is 5.44. The van der Waals surface area contributed by atoms with E-state index in [1.807, 2.05) is 42.6 Å². The van der Waals surface area contributed by atoms with Gasteiger partial charge >= 0.3 is 97.4 Å². The molecule has 0 saturated heterocycles. The molecule has 16 heavy (non-hydrogen) atoms. The second kappa shape index (κ2) is 3.74. The first kappa shape index (κ1) is 9.58. The van der Waals surface area contributed by atoms with Crippen molar-refractivity contribution in [2.45, 2.75) is 0 Å². The summed E-state index contributed by atoms with van der Waals surface area (Å²) in [5.41, 5.74) is 0.825. The van der Waals surface area contributed by atoms with Crippen LogP contribution in [0.2, 0.25) is 0 Å². The van der Waals surface area contributed by atoms with Gasteiger partial charge in [0, 0.05) is 0 Å². The van der Waals surface area contributed by atoms with Crippen LogP contribution in [0, 0.1) is 0 Å². The van der Waals surface area contributed by atoms with Gasteiger partial charge in [0.2, 0.25) is 0 Å². The number of carbonyl (C=O) groups is 1. The fraction of sp³-hybridized carbons (Fsp3) is 0. The zero-order chi connectivity index (χ0) is 11.0. The Labute approximate surface area is 97.6 Å². The molecule has 0 fully saturated rings. The van der Waals surface area contributed by atoms with Crippen molar-refractivity contribution in [3.8, 4) is 0 Å². The molecule has 1 aromatic heterocycles. The van der Waals surface area contributed by atoms with Crippen LogP contribution in [0.25, 0.3) is 0 Å². The summed E-state index contributed by atoms with van der Waals surface area (Å²) in [6.45, 7) is 0. The number of rotatable bonds is 1. The normalized spacial score (nSPS) is 20.2.